The van der Waals surface area contributed by atoms with E-state index in [1.807, 2.05) is 37.3 Å². The third kappa shape index (κ3) is 5.84. The van der Waals surface area contributed by atoms with Gasteiger partial charge in [-0.3, -0.25) is 14.5 Å². The van der Waals surface area contributed by atoms with Crippen molar-refractivity contribution in [3.05, 3.63) is 87.6 Å². The number of carbonyl (C=O) groups is 2. The maximum Gasteiger partial charge on any atom is 0.255 e. The number of hydrogen-bond donors (Lipinski definition) is 2. The van der Waals surface area contributed by atoms with Crippen molar-refractivity contribution in [1.29, 1.82) is 0 Å². The Morgan fingerprint density at radius 2 is 1.88 bits per heavy atom. The SMILES string of the molecule is Cc1ccc(C(=O)NCC2CCCN(Cc3cccs3)C2)cc1NC(=O)c1ccccc1. The summed E-state index contributed by atoms with van der Waals surface area (Å²) >= 11 is 1.80. The van der Waals surface area contributed by atoms with E-state index in [-0.39, 0.29) is 11.8 Å². The second-order valence-electron chi connectivity index (χ2n) is 8.38. The molecule has 0 bridgehead atoms. The molecule has 0 radical (unpaired) electrons. The van der Waals surface area contributed by atoms with Gasteiger partial charge in [0, 0.05) is 41.3 Å². The predicted molar refractivity (Wildman–Crippen MR) is 130 cm³/mol. The lowest BCUT2D eigenvalue weighted by molar-refractivity contribution is 0.0930. The Morgan fingerprint density at radius 1 is 1.03 bits per heavy atom. The minimum Gasteiger partial charge on any atom is -0.352 e. The summed E-state index contributed by atoms with van der Waals surface area (Å²) in [5.74, 6) is 0.172. The molecular weight excluding hydrogens is 418 g/mol. The molecule has 1 fully saturated rings. The van der Waals surface area contributed by atoms with Crippen molar-refractivity contribution in [3.63, 3.8) is 0 Å². The van der Waals surface area contributed by atoms with E-state index in [0.717, 1.165) is 38.0 Å². The van der Waals surface area contributed by atoms with Crippen molar-refractivity contribution in [2.75, 3.05) is 25.0 Å². The van der Waals surface area contributed by atoms with Crippen LogP contribution < -0.4 is 10.6 Å². The van der Waals surface area contributed by atoms with Gasteiger partial charge in [0.2, 0.25) is 0 Å². The number of hydrogen-bond acceptors (Lipinski definition) is 4. The van der Waals surface area contributed by atoms with Gasteiger partial charge in [0.25, 0.3) is 11.8 Å². The summed E-state index contributed by atoms with van der Waals surface area (Å²) in [5, 5.41) is 8.15. The molecule has 0 spiro atoms. The van der Waals surface area contributed by atoms with Crippen LogP contribution in [0.4, 0.5) is 5.69 Å². The number of piperidine rings is 1. The average Bonchev–Trinajstić information content (AvgIpc) is 3.33. The van der Waals surface area contributed by atoms with E-state index in [0.29, 0.717) is 29.3 Å². The fourth-order valence-electron chi connectivity index (χ4n) is 4.11. The van der Waals surface area contributed by atoms with Crippen molar-refractivity contribution in [2.45, 2.75) is 26.3 Å². The molecule has 1 atom stereocenters. The molecule has 6 heteroatoms. The van der Waals surface area contributed by atoms with E-state index in [4.69, 9.17) is 0 Å². The first-order chi connectivity index (χ1) is 15.6. The first kappa shape index (κ1) is 22.2. The minimum absolute atomic E-state index is 0.101. The summed E-state index contributed by atoms with van der Waals surface area (Å²) in [6.45, 7) is 5.70. The third-order valence-corrected chi connectivity index (χ3v) is 6.76. The van der Waals surface area contributed by atoms with E-state index < -0.39 is 0 Å². The van der Waals surface area contributed by atoms with Crippen LogP contribution in [-0.2, 0) is 6.54 Å². The topological polar surface area (TPSA) is 61.4 Å². The fourth-order valence-corrected chi connectivity index (χ4v) is 4.85. The lowest BCUT2D eigenvalue weighted by Gasteiger charge is -2.32. The molecule has 2 N–H and O–H groups in total. The molecule has 1 saturated heterocycles. The Kier molecular flexibility index (Phi) is 7.35. The Morgan fingerprint density at radius 3 is 2.66 bits per heavy atom. The summed E-state index contributed by atoms with van der Waals surface area (Å²) in [6, 6.07) is 18.8. The fraction of sp³-hybridized carbons (Fsp3) is 0.308. The molecule has 32 heavy (non-hydrogen) atoms. The zero-order valence-corrected chi connectivity index (χ0v) is 19.2. The Hall–Kier alpha value is -2.96. The van der Waals surface area contributed by atoms with Crippen LogP contribution in [0.25, 0.3) is 0 Å². The molecule has 1 unspecified atom stereocenters. The smallest absolute Gasteiger partial charge is 0.255 e. The molecular formula is C26H29N3O2S. The molecule has 166 valence electrons. The van der Waals surface area contributed by atoms with Crippen LogP contribution in [0.2, 0.25) is 0 Å². The highest BCUT2D eigenvalue weighted by Gasteiger charge is 2.21. The zero-order valence-electron chi connectivity index (χ0n) is 18.3. The second-order valence-corrected chi connectivity index (χ2v) is 9.41. The monoisotopic (exact) mass is 447 g/mol. The van der Waals surface area contributed by atoms with Crippen molar-refractivity contribution in [2.24, 2.45) is 5.92 Å². The van der Waals surface area contributed by atoms with Crippen LogP contribution in [0.3, 0.4) is 0 Å². The average molecular weight is 448 g/mol. The predicted octanol–water partition coefficient (Wildman–Crippen LogP) is 4.95. The van der Waals surface area contributed by atoms with Gasteiger partial charge in [-0.05, 0) is 73.5 Å². The summed E-state index contributed by atoms with van der Waals surface area (Å²) in [5.41, 5.74) is 2.73. The molecule has 5 nitrogen and oxygen atoms in total. The summed E-state index contributed by atoms with van der Waals surface area (Å²) in [7, 11) is 0. The number of anilines is 1. The first-order valence-corrected chi connectivity index (χ1v) is 12.0. The van der Waals surface area contributed by atoms with E-state index in [1.165, 1.54) is 4.88 Å². The highest BCUT2D eigenvalue weighted by Crippen LogP contribution is 2.21. The molecule has 2 aromatic carbocycles. The van der Waals surface area contributed by atoms with Crippen molar-refractivity contribution < 1.29 is 9.59 Å². The molecule has 0 aliphatic carbocycles. The number of nitrogens with zero attached hydrogens (tertiary/aromatic N) is 1. The molecule has 1 aromatic heterocycles. The number of benzene rings is 2. The number of aryl methyl sites for hydroxylation is 1. The third-order valence-electron chi connectivity index (χ3n) is 5.90. The molecule has 4 rings (SSSR count). The zero-order chi connectivity index (χ0) is 22.3. The van der Waals surface area contributed by atoms with Crippen molar-refractivity contribution in [3.8, 4) is 0 Å². The van der Waals surface area contributed by atoms with E-state index in [2.05, 4.69) is 33.0 Å². The first-order valence-electron chi connectivity index (χ1n) is 11.1. The second kappa shape index (κ2) is 10.6. The van der Waals surface area contributed by atoms with Crippen molar-refractivity contribution in [1.82, 2.24) is 10.2 Å². The molecule has 2 heterocycles. The van der Waals surface area contributed by atoms with Crippen LogP contribution in [0.15, 0.2) is 66.0 Å². The van der Waals surface area contributed by atoms with Crippen LogP contribution in [-0.4, -0.2) is 36.3 Å². The Labute approximate surface area is 193 Å². The van der Waals surface area contributed by atoms with Gasteiger partial charge < -0.3 is 10.6 Å². The number of rotatable bonds is 7. The van der Waals surface area contributed by atoms with Gasteiger partial charge >= 0.3 is 0 Å². The lowest BCUT2D eigenvalue weighted by Crippen LogP contribution is -2.40. The normalized spacial score (nSPS) is 16.5. The largest absolute Gasteiger partial charge is 0.352 e. The number of thiophene rings is 1. The van der Waals surface area contributed by atoms with Gasteiger partial charge in [0.15, 0.2) is 0 Å². The Bertz CT molecular complexity index is 1050. The lowest BCUT2D eigenvalue weighted by atomic mass is 9.97. The molecule has 0 saturated carbocycles. The van der Waals surface area contributed by atoms with Gasteiger partial charge in [-0.15, -0.1) is 11.3 Å². The summed E-state index contributed by atoms with van der Waals surface area (Å²) in [6.07, 6.45) is 2.29. The van der Waals surface area contributed by atoms with E-state index in [9.17, 15) is 9.59 Å². The maximum atomic E-state index is 12.8. The van der Waals surface area contributed by atoms with E-state index >= 15 is 0 Å². The van der Waals surface area contributed by atoms with Gasteiger partial charge in [0.1, 0.15) is 0 Å². The number of likely N-dealkylation sites (tertiary alicyclic amines) is 1. The number of nitrogens with one attached hydrogen (secondary N) is 2. The van der Waals surface area contributed by atoms with Gasteiger partial charge in [-0.2, -0.15) is 0 Å². The van der Waals surface area contributed by atoms with Crippen LogP contribution in [0.1, 0.15) is 44.0 Å². The van der Waals surface area contributed by atoms with Crippen LogP contribution >= 0.6 is 11.3 Å². The Balaban J connectivity index is 1.33. The van der Waals surface area contributed by atoms with Crippen molar-refractivity contribution >= 4 is 28.8 Å². The molecule has 2 amide bonds. The van der Waals surface area contributed by atoms with Crippen LogP contribution in [0.5, 0.6) is 0 Å². The van der Waals surface area contributed by atoms with Gasteiger partial charge in [0.05, 0.1) is 0 Å². The van der Waals surface area contributed by atoms with Gasteiger partial charge in [-0.1, -0.05) is 30.3 Å². The number of amides is 2. The van der Waals surface area contributed by atoms with E-state index in [1.54, 1.807) is 29.5 Å². The van der Waals surface area contributed by atoms with Crippen LogP contribution in [0, 0.1) is 12.8 Å². The summed E-state index contributed by atoms with van der Waals surface area (Å²) < 4.78 is 0. The maximum absolute atomic E-state index is 12.8. The molecule has 1 aliphatic rings. The molecule has 1 aliphatic heterocycles. The van der Waals surface area contributed by atoms with Gasteiger partial charge in [-0.25, -0.2) is 0 Å². The highest BCUT2D eigenvalue weighted by molar-refractivity contribution is 7.09. The summed E-state index contributed by atoms with van der Waals surface area (Å²) in [4.78, 5) is 29.2. The number of carbonyl (C=O) groups excluding carboxylic acids is 2. The minimum atomic E-state index is -0.181. The molecule has 3 aromatic rings. The quantitative estimate of drug-likeness (QED) is 0.539. The highest BCUT2D eigenvalue weighted by atomic mass is 32.1. The standard InChI is InChI=1S/C26H29N3O2S/c1-19-11-12-22(15-24(19)28-26(31)21-8-3-2-4-9-21)25(30)27-16-20-7-5-13-29(17-20)18-23-10-6-14-32-23/h2-4,6,8-12,14-15,20H,5,7,13,16-18H2,1H3,(H,27,30)(H,28,31).